The van der Waals surface area contributed by atoms with Gasteiger partial charge in [0.15, 0.2) is 10.8 Å². The van der Waals surface area contributed by atoms with E-state index < -0.39 is 22.8 Å². The molecule has 0 bridgehead atoms. The Balaban J connectivity index is 0.00000464. The zero-order valence-corrected chi connectivity index (χ0v) is 31.8. The van der Waals surface area contributed by atoms with Crippen molar-refractivity contribution in [3.05, 3.63) is 225 Å². The molecule has 7 rings (SSSR count). The Morgan fingerprint density at radius 2 is 0.923 bits per heavy atom. The molecular weight excluding hydrogens is 697 g/mol. The van der Waals surface area contributed by atoms with Crippen molar-refractivity contribution in [1.29, 1.82) is 0 Å². The minimum atomic E-state index is -1.59. The molecule has 52 heavy (non-hydrogen) atoms. The molecule has 0 amide bonds. The molecule has 0 atom stereocenters. The second kappa shape index (κ2) is 16.5. The Morgan fingerprint density at radius 3 is 1.25 bits per heavy atom. The molecule has 1 aromatic heterocycles. The van der Waals surface area contributed by atoms with Crippen LogP contribution in [0.15, 0.2) is 187 Å². The molecule has 1 heterocycles. The van der Waals surface area contributed by atoms with Crippen molar-refractivity contribution in [3.8, 4) is 0 Å². The van der Waals surface area contributed by atoms with Gasteiger partial charge in [0.2, 0.25) is 5.60 Å². The molecule has 0 aliphatic rings. The van der Waals surface area contributed by atoms with Crippen LogP contribution in [0.3, 0.4) is 0 Å². The number of halogens is 1. The molecule has 7 aromatic rings. The average molecular weight is 728 g/mol. The van der Waals surface area contributed by atoms with Gasteiger partial charge in [-0.1, -0.05) is 210 Å². The van der Waals surface area contributed by atoms with E-state index in [4.69, 9.17) is 21.4 Å². The van der Waals surface area contributed by atoms with Crippen molar-refractivity contribution in [2.45, 2.75) is 11.1 Å². The van der Waals surface area contributed by atoms with Crippen LogP contribution in [0.4, 0.5) is 5.13 Å². The van der Waals surface area contributed by atoms with Crippen molar-refractivity contribution >= 4 is 39.8 Å². The molecule has 6 nitrogen and oxygen atoms in total. The van der Waals surface area contributed by atoms with Crippen molar-refractivity contribution < 1.29 is 44.3 Å². The van der Waals surface area contributed by atoms with E-state index in [1.807, 2.05) is 182 Å². The first-order chi connectivity index (χ1) is 25.0. The summed E-state index contributed by atoms with van der Waals surface area (Å²) in [5.41, 5.74) is 2.23. The average Bonchev–Trinajstić information content (AvgIpc) is 3.56. The van der Waals surface area contributed by atoms with Crippen LogP contribution in [-0.2, 0) is 20.8 Å². The molecular formula is C43H31ClN3NaO3S. The van der Waals surface area contributed by atoms with Crippen LogP contribution < -0.4 is 40.0 Å². The third-order valence-corrected chi connectivity index (χ3v) is 9.90. The molecule has 0 aliphatic heterocycles. The topological polar surface area (TPSA) is 86.6 Å². The van der Waals surface area contributed by atoms with Gasteiger partial charge in [-0.15, -0.1) is 0 Å². The van der Waals surface area contributed by atoms with E-state index in [2.05, 4.69) is 10.5 Å². The van der Waals surface area contributed by atoms with Gasteiger partial charge in [0.25, 0.3) is 0 Å². The largest absolute Gasteiger partial charge is 1.00 e. The Morgan fingerprint density at radius 1 is 0.596 bits per heavy atom. The molecule has 0 saturated heterocycles. The van der Waals surface area contributed by atoms with Gasteiger partial charge in [-0.25, -0.2) is 4.98 Å². The number of nitrogens with zero attached hydrogens (tertiary/aromatic N) is 2. The summed E-state index contributed by atoms with van der Waals surface area (Å²) in [7, 11) is 0. The van der Waals surface area contributed by atoms with Gasteiger partial charge >= 0.3 is 29.6 Å². The predicted molar refractivity (Wildman–Crippen MR) is 202 cm³/mol. The minimum Gasteiger partial charge on any atom is -0.543 e. The molecule has 0 unspecified atom stereocenters. The second-order valence-electron chi connectivity index (χ2n) is 11.7. The van der Waals surface area contributed by atoms with E-state index in [1.54, 1.807) is 0 Å². The molecule has 6 aromatic carbocycles. The van der Waals surface area contributed by atoms with Gasteiger partial charge in [-0.2, -0.15) is 0 Å². The van der Waals surface area contributed by atoms with E-state index in [0.717, 1.165) is 44.7 Å². The third-order valence-electron chi connectivity index (χ3n) is 8.73. The van der Waals surface area contributed by atoms with Crippen LogP contribution in [0.5, 0.6) is 0 Å². The van der Waals surface area contributed by atoms with Crippen molar-refractivity contribution in [3.63, 3.8) is 0 Å². The molecule has 9 heteroatoms. The fourth-order valence-electron chi connectivity index (χ4n) is 6.41. The van der Waals surface area contributed by atoms with Gasteiger partial charge in [0.1, 0.15) is 15.6 Å². The van der Waals surface area contributed by atoms with Crippen LogP contribution in [0.1, 0.15) is 39.1 Å². The van der Waals surface area contributed by atoms with E-state index >= 15 is 0 Å². The van der Waals surface area contributed by atoms with Gasteiger partial charge in [-0.05, 0) is 16.7 Å². The van der Waals surface area contributed by atoms with Gasteiger partial charge in [0, 0.05) is 16.7 Å². The summed E-state index contributed by atoms with van der Waals surface area (Å²) in [4.78, 5) is 24.1. The predicted octanol–water partition coefficient (Wildman–Crippen LogP) is 5.67. The van der Waals surface area contributed by atoms with Crippen LogP contribution >= 0.6 is 22.9 Å². The number of aromatic nitrogens is 1. The Labute approximate surface area is 333 Å². The summed E-state index contributed by atoms with van der Waals surface area (Å²) in [5.74, 6) is -1.59. The summed E-state index contributed by atoms with van der Waals surface area (Å²) in [6.07, 6.45) is 0. The first kappa shape index (κ1) is 36.8. The normalized spacial score (nSPS) is 11.7. The number of carbonyl (C=O) groups is 1. The number of aliphatic carboxylic acids is 1. The van der Waals surface area contributed by atoms with E-state index in [-0.39, 0.29) is 39.6 Å². The summed E-state index contributed by atoms with van der Waals surface area (Å²) in [5, 5.41) is 21.3. The summed E-state index contributed by atoms with van der Waals surface area (Å²) in [6, 6.07) is 58.7. The van der Waals surface area contributed by atoms with Gasteiger partial charge < -0.3 is 20.1 Å². The molecule has 0 radical (unpaired) electrons. The van der Waals surface area contributed by atoms with E-state index in [0.29, 0.717) is 5.13 Å². The number of carboxylic acid groups (broad SMARTS) is 1. The number of anilines is 1. The van der Waals surface area contributed by atoms with Gasteiger partial charge in [0.05, 0.1) is 5.97 Å². The number of carbonyl (C=O) groups excluding carboxylic acids is 1. The number of rotatable bonds is 12. The maximum absolute atomic E-state index is 12.9. The fraction of sp³-hybridized carbons (Fsp3) is 0.0465. The molecule has 0 spiro atoms. The smallest absolute Gasteiger partial charge is 0.543 e. The molecule has 250 valence electrons. The second-order valence-corrected chi connectivity index (χ2v) is 13.3. The number of nitrogens with one attached hydrogen (secondary N) is 1. The van der Waals surface area contributed by atoms with Gasteiger partial charge in [-0.3, -0.25) is 0 Å². The van der Waals surface area contributed by atoms with Crippen LogP contribution in [0.2, 0.25) is 4.34 Å². The van der Waals surface area contributed by atoms with Crippen molar-refractivity contribution in [2.75, 3.05) is 5.32 Å². The zero-order chi connectivity index (χ0) is 35.1. The molecule has 1 N–H and O–H groups in total. The quantitative estimate of drug-likeness (QED) is 0.0760. The first-order valence-electron chi connectivity index (χ1n) is 16.3. The SMILES string of the molecule is O=C([O-])/C(=N/OC(c1ccccc1)(c1ccccc1)c1ccccc1)c1nc(NC(c2ccccc2)(c2ccccc2)c2ccccc2)sc1Cl.[Na+]. The molecule has 0 aliphatic carbocycles. The van der Waals surface area contributed by atoms with Crippen molar-refractivity contribution in [2.24, 2.45) is 5.16 Å². The maximum atomic E-state index is 12.9. The number of thiazole rings is 1. The Hall–Kier alpha value is -5.02. The summed E-state index contributed by atoms with van der Waals surface area (Å²) in [6.45, 7) is 0. The minimum absolute atomic E-state index is 0. The molecule has 0 fully saturated rings. The number of hydrogen-bond acceptors (Lipinski definition) is 7. The van der Waals surface area contributed by atoms with E-state index in [1.165, 1.54) is 0 Å². The van der Waals surface area contributed by atoms with E-state index in [9.17, 15) is 9.90 Å². The number of benzene rings is 6. The maximum Gasteiger partial charge on any atom is 1.00 e. The summed E-state index contributed by atoms with van der Waals surface area (Å²) < 4.78 is 0.108. The Kier molecular flexibility index (Phi) is 11.7. The Bertz CT molecular complexity index is 2050. The van der Waals surface area contributed by atoms with Crippen molar-refractivity contribution in [1.82, 2.24) is 4.98 Å². The zero-order valence-electron chi connectivity index (χ0n) is 28.2. The number of oxime groups is 1. The first-order valence-corrected chi connectivity index (χ1v) is 17.5. The summed E-state index contributed by atoms with van der Waals surface area (Å²) >= 11 is 7.95. The number of hydrogen-bond donors (Lipinski definition) is 1. The van der Waals surface area contributed by atoms with Crippen LogP contribution in [-0.4, -0.2) is 16.7 Å². The fourth-order valence-corrected chi connectivity index (χ4v) is 7.51. The molecule has 0 saturated carbocycles. The number of carboxylic acids is 1. The monoisotopic (exact) mass is 727 g/mol. The van der Waals surface area contributed by atoms with Crippen LogP contribution in [0, 0.1) is 0 Å². The standard InChI is InChI=1S/C43H32ClN3O3S.Na/c44-39-37(45-41(51-39)46-42(31-19-7-1-8-20-31,32-21-9-2-10-22-32)33-23-11-3-12-24-33)38(40(48)49)47-50-43(34-25-13-4-14-26-34,35-27-15-5-16-28-35)36-29-17-6-18-30-36;/h1-30H,(H,45,46)(H,48,49);/q;+1/p-1/b47-38+;. The third kappa shape index (κ3) is 7.19. The van der Waals surface area contributed by atoms with Crippen LogP contribution in [0.25, 0.3) is 0 Å².